The molecule has 4 nitrogen and oxygen atoms in total. The second-order valence-electron chi connectivity index (χ2n) is 8.00. The largest absolute Gasteiger partial charge is 0.478 e. The second kappa shape index (κ2) is 8.13. The van der Waals surface area contributed by atoms with Gasteiger partial charge in [0.15, 0.2) is 0 Å². The molecule has 2 aromatic carbocycles. The Morgan fingerprint density at radius 1 is 1.24 bits per heavy atom. The summed E-state index contributed by atoms with van der Waals surface area (Å²) in [7, 11) is 0. The normalized spacial score (nSPS) is 16.2. The first-order valence-electron chi connectivity index (χ1n) is 10.5. The molecule has 1 heterocycles. The summed E-state index contributed by atoms with van der Waals surface area (Å²) in [6.07, 6.45) is 6.74. The van der Waals surface area contributed by atoms with E-state index in [2.05, 4.69) is 23.6 Å². The van der Waals surface area contributed by atoms with Crippen molar-refractivity contribution in [1.29, 1.82) is 5.26 Å². The van der Waals surface area contributed by atoms with E-state index in [1.54, 1.807) is 12.1 Å². The molecule has 148 valence electrons. The summed E-state index contributed by atoms with van der Waals surface area (Å²) in [5.41, 5.74) is 5.50. The van der Waals surface area contributed by atoms with Gasteiger partial charge in [-0.15, -0.1) is 0 Å². The summed E-state index contributed by atoms with van der Waals surface area (Å²) in [4.78, 5) is 12.1. The fourth-order valence-electron chi connectivity index (χ4n) is 4.95. The van der Waals surface area contributed by atoms with Gasteiger partial charge in [-0.2, -0.15) is 5.26 Å². The van der Waals surface area contributed by atoms with Crippen LogP contribution in [-0.2, 0) is 13.0 Å². The Balaban J connectivity index is 1.97. The third-order valence-corrected chi connectivity index (χ3v) is 6.12. The summed E-state index contributed by atoms with van der Waals surface area (Å²) in [5, 5.41) is 20.2. The van der Waals surface area contributed by atoms with Crippen molar-refractivity contribution < 1.29 is 9.90 Å². The molecule has 1 aliphatic rings. The van der Waals surface area contributed by atoms with Crippen LogP contribution >= 0.6 is 0 Å². The predicted octanol–water partition coefficient (Wildman–Crippen LogP) is 5.87. The fourth-order valence-corrected chi connectivity index (χ4v) is 4.95. The molecule has 1 aromatic heterocycles. The average Bonchev–Trinajstić information content (AvgIpc) is 2.88. The summed E-state index contributed by atoms with van der Waals surface area (Å²) < 4.78 is 2.22. The maximum absolute atomic E-state index is 12.1. The zero-order valence-electron chi connectivity index (χ0n) is 16.8. The number of benzene rings is 2. The molecule has 1 N–H and O–H groups in total. The monoisotopic (exact) mass is 386 g/mol. The van der Waals surface area contributed by atoms with Crippen molar-refractivity contribution in [2.45, 2.75) is 57.9 Å². The lowest BCUT2D eigenvalue weighted by Gasteiger charge is -2.16. The minimum Gasteiger partial charge on any atom is -0.478 e. The molecule has 0 radical (unpaired) electrons. The number of aromatic nitrogens is 1. The van der Waals surface area contributed by atoms with Gasteiger partial charge in [0.25, 0.3) is 0 Å². The standard InChI is InChI=1S/C25H26N2O2/c1-2-7-19-10-3-4-13-22-23(19)20-11-6-12-21(25(28)29)24(20)27(22)16-18-9-5-8-17(14-18)15-26/h5-6,8-9,11-12,14,19H,2-4,7,10,13,16H2,1H3,(H,28,29). The van der Waals surface area contributed by atoms with E-state index in [9.17, 15) is 15.2 Å². The van der Waals surface area contributed by atoms with Crippen molar-refractivity contribution in [3.8, 4) is 6.07 Å². The van der Waals surface area contributed by atoms with Gasteiger partial charge in [-0.3, -0.25) is 0 Å². The first-order valence-corrected chi connectivity index (χ1v) is 10.5. The number of carboxylic acid groups (broad SMARTS) is 1. The van der Waals surface area contributed by atoms with Crippen LogP contribution in [0.3, 0.4) is 0 Å². The van der Waals surface area contributed by atoms with Crippen molar-refractivity contribution in [3.63, 3.8) is 0 Å². The number of hydrogen-bond donors (Lipinski definition) is 1. The van der Waals surface area contributed by atoms with E-state index < -0.39 is 5.97 Å². The van der Waals surface area contributed by atoms with Crippen molar-refractivity contribution in [3.05, 3.63) is 70.4 Å². The van der Waals surface area contributed by atoms with Crippen molar-refractivity contribution in [1.82, 2.24) is 4.57 Å². The van der Waals surface area contributed by atoms with Crippen LogP contribution in [0.5, 0.6) is 0 Å². The zero-order chi connectivity index (χ0) is 20.4. The number of fused-ring (bicyclic) bond motifs is 3. The van der Waals surface area contributed by atoms with Crippen LogP contribution in [0.15, 0.2) is 42.5 Å². The molecule has 0 bridgehead atoms. The summed E-state index contributed by atoms with van der Waals surface area (Å²) >= 11 is 0. The average molecular weight is 386 g/mol. The second-order valence-corrected chi connectivity index (χ2v) is 8.00. The summed E-state index contributed by atoms with van der Waals surface area (Å²) in [6.45, 7) is 2.81. The molecular formula is C25H26N2O2. The van der Waals surface area contributed by atoms with Gasteiger partial charge in [0.2, 0.25) is 0 Å². The summed E-state index contributed by atoms with van der Waals surface area (Å²) in [5.74, 6) is -0.405. The lowest BCUT2D eigenvalue weighted by molar-refractivity contribution is 0.0698. The van der Waals surface area contributed by atoms with Crippen LogP contribution in [0, 0.1) is 11.3 Å². The quantitative estimate of drug-likeness (QED) is 0.558. The smallest absolute Gasteiger partial charge is 0.337 e. The Labute approximate surface area is 171 Å². The van der Waals surface area contributed by atoms with E-state index in [-0.39, 0.29) is 0 Å². The van der Waals surface area contributed by atoms with Crippen molar-refractivity contribution >= 4 is 16.9 Å². The highest BCUT2D eigenvalue weighted by molar-refractivity contribution is 6.04. The number of hydrogen-bond acceptors (Lipinski definition) is 2. The molecule has 0 saturated heterocycles. The number of carboxylic acids is 1. The highest BCUT2D eigenvalue weighted by Gasteiger charge is 2.27. The number of para-hydroxylation sites is 1. The lowest BCUT2D eigenvalue weighted by atomic mass is 9.89. The number of aromatic carboxylic acids is 1. The van der Waals surface area contributed by atoms with Gasteiger partial charge in [0.05, 0.1) is 22.7 Å². The molecule has 4 heteroatoms. The fraction of sp³-hybridized carbons (Fsp3) is 0.360. The minimum absolute atomic E-state index is 0.363. The molecule has 0 amide bonds. The van der Waals surface area contributed by atoms with Crippen LogP contribution in [0.4, 0.5) is 0 Å². The van der Waals surface area contributed by atoms with Gasteiger partial charge < -0.3 is 9.67 Å². The molecule has 0 saturated carbocycles. The van der Waals surface area contributed by atoms with Gasteiger partial charge in [0.1, 0.15) is 0 Å². The van der Waals surface area contributed by atoms with E-state index in [0.29, 0.717) is 23.6 Å². The SMILES string of the molecule is CCCC1CCCCc2c1c1cccc(C(=O)O)c1n2Cc1cccc(C#N)c1. The van der Waals surface area contributed by atoms with E-state index in [1.165, 1.54) is 24.1 Å². The van der Waals surface area contributed by atoms with E-state index in [1.807, 2.05) is 24.3 Å². The molecular weight excluding hydrogens is 360 g/mol. The molecule has 1 atom stereocenters. The Morgan fingerprint density at radius 3 is 2.83 bits per heavy atom. The van der Waals surface area contributed by atoms with Crippen molar-refractivity contribution in [2.24, 2.45) is 0 Å². The Morgan fingerprint density at radius 2 is 2.07 bits per heavy atom. The Hall–Kier alpha value is -3.06. The molecule has 0 spiro atoms. The number of carbonyl (C=O) groups is 1. The minimum atomic E-state index is -0.887. The van der Waals surface area contributed by atoms with E-state index in [4.69, 9.17) is 0 Å². The highest BCUT2D eigenvalue weighted by atomic mass is 16.4. The van der Waals surface area contributed by atoms with E-state index >= 15 is 0 Å². The zero-order valence-corrected chi connectivity index (χ0v) is 16.8. The van der Waals surface area contributed by atoms with Crippen LogP contribution < -0.4 is 0 Å². The van der Waals surface area contributed by atoms with Crippen LogP contribution in [0.1, 0.15) is 77.7 Å². The van der Waals surface area contributed by atoms with Crippen LogP contribution in [0.25, 0.3) is 10.9 Å². The van der Waals surface area contributed by atoms with Crippen LogP contribution in [0.2, 0.25) is 0 Å². The van der Waals surface area contributed by atoms with Gasteiger partial charge in [-0.05, 0) is 60.9 Å². The third-order valence-electron chi connectivity index (χ3n) is 6.12. The number of nitriles is 1. The number of rotatable bonds is 5. The van der Waals surface area contributed by atoms with Gasteiger partial charge in [0, 0.05) is 17.6 Å². The van der Waals surface area contributed by atoms with Gasteiger partial charge in [-0.1, -0.05) is 44.0 Å². The summed E-state index contributed by atoms with van der Waals surface area (Å²) in [6, 6.07) is 15.5. The highest BCUT2D eigenvalue weighted by Crippen LogP contribution is 2.41. The molecule has 1 unspecified atom stereocenters. The lowest BCUT2D eigenvalue weighted by Crippen LogP contribution is -2.09. The van der Waals surface area contributed by atoms with E-state index in [0.717, 1.165) is 42.1 Å². The predicted molar refractivity (Wildman–Crippen MR) is 114 cm³/mol. The van der Waals surface area contributed by atoms with Gasteiger partial charge >= 0.3 is 5.97 Å². The Kier molecular flexibility index (Phi) is 5.40. The van der Waals surface area contributed by atoms with Crippen LogP contribution in [-0.4, -0.2) is 15.6 Å². The maximum Gasteiger partial charge on any atom is 0.337 e. The van der Waals surface area contributed by atoms with Crippen molar-refractivity contribution in [2.75, 3.05) is 0 Å². The third kappa shape index (κ3) is 3.53. The molecule has 3 aromatic rings. The first kappa shape index (κ1) is 19.3. The maximum atomic E-state index is 12.1. The Bertz CT molecular complexity index is 1100. The molecule has 29 heavy (non-hydrogen) atoms. The number of nitrogens with zero attached hydrogens (tertiary/aromatic N) is 2. The molecule has 1 aliphatic carbocycles. The molecule has 0 aliphatic heterocycles. The molecule has 4 rings (SSSR count). The first-order chi connectivity index (χ1) is 14.1. The molecule has 0 fully saturated rings. The topological polar surface area (TPSA) is 66.0 Å². The van der Waals surface area contributed by atoms with Gasteiger partial charge in [-0.25, -0.2) is 4.79 Å².